The van der Waals surface area contributed by atoms with Gasteiger partial charge in [-0.1, -0.05) is 6.92 Å². The lowest BCUT2D eigenvalue weighted by Gasteiger charge is -2.16. The largest absolute Gasteiger partial charge is 0.396 e. The molecule has 2 atom stereocenters. The first-order valence-corrected chi connectivity index (χ1v) is 12.0. The topological polar surface area (TPSA) is 136 Å². The maximum atomic E-state index is 11.8. The Labute approximate surface area is 170 Å². The van der Waals surface area contributed by atoms with Crippen LogP contribution in [-0.4, -0.2) is 76.3 Å². The zero-order valence-corrected chi connectivity index (χ0v) is 17.7. The Kier molecular flexibility index (Phi) is 5.63. The van der Waals surface area contributed by atoms with E-state index in [2.05, 4.69) is 37.5 Å². The number of aliphatic hydroxyl groups is 1. The summed E-state index contributed by atoms with van der Waals surface area (Å²) in [7, 11) is -3.19. The van der Waals surface area contributed by atoms with Crippen LogP contribution >= 0.6 is 0 Å². The third-order valence-electron chi connectivity index (χ3n) is 5.52. The highest BCUT2D eigenvalue weighted by atomic mass is 32.2. The molecule has 1 saturated carbocycles. The zero-order chi connectivity index (χ0) is 20.6. The molecule has 11 heteroatoms. The SMILES string of the molecule is CC(CCO)CNc1nc(N[C@H]2CCN(S(C)(=O)=O)C2)c2[nH]c(C3CC3)nc2n1. The first-order chi connectivity index (χ1) is 13.8. The van der Waals surface area contributed by atoms with E-state index in [1.807, 2.05) is 0 Å². The molecule has 0 aromatic carbocycles. The van der Waals surface area contributed by atoms with Gasteiger partial charge in [-0.05, 0) is 31.6 Å². The predicted octanol–water partition coefficient (Wildman–Crippen LogP) is 1.11. The van der Waals surface area contributed by atoms with Gasteiger partial charge < -0.3 is 20.7 Å². The van der Waals surface area contributed by atoms with Crippen LogP contribution in [-0.2, 0) is 10.0 Å². The van der Waals surface area contributed by atoms with Gasteiger partial charge in [0.05, 0.1) is 6.26 Å². The maximum absolute atomic E-state index is 11.8. The molecule has 160 valence electrons. The zero-order valence-electron chi connectivity index (χ0n) is 16.8. The highest BCUT2D eigenvalue weighted by Crippen LogP contribution is 2.39. The summed E-state index contributed by atoms with van der Waals surface area (Å²) < 4.78 is 25.1. The van der Waals surface area contributed by atoms with Gasteiger partial charge in [-0.3, -0.25) is 0 Å². The number of aromatic nitrogens is 4. The van der Waals surface area contributed by atoms with E-state index in [1.165, 1.54) is 10.6 Å². The average molecular weight is 424 g/mol. The average Bonchev–Trinajstić information content (AvgIpc) is 3.23. The second-order valence-corrected chi connectivity index (χ2v) is 10.2. The summed E-state index contributed by atoms with van der Waals surface area (Å²) in [6, 6.07) is -0.0170. The van der Waals surface area contributed by atoms with E-state index in [9.17, 15) is 8.42 Å². The maximum Gasteiger partial charge on any atom is 0.226 e. The van der Waals surface area contributed by atoms with Gasteiger partial charge in [-0.25, -0.2) is 17.7 Å². The monoisotopic (exact) mass is 423 g/mol. The van der Waals surface area contributed by atoms with Gasteiger partial charge >= 0.3 is 0 Å². The molecule has 1 aliphatic heterocycles. The molecule has 1 saturated heterocycles. The highest BCUT2D eigenvalue weighted by molar-refractivity contribution is 7.88. The van der Waals surface area contributed by atoms with E-state index in [-0.39, 0.29) is 18.6 Å². The van der Waals surface area contributed by atoms with E-state index < -0.39 is 10.0 Å². The Morgan fingerprint density at radius 2 is 2.07 bits per heavy atom. The van der Waals surface area contributed by atoms with Crippen molar-refractivity contribution in [2.24, 2.45) is 5.92 Å². The normalized spacial score (nSPS) is 21.6. The van der Waals surface area contributed by atoms with Crippen molar-refractivity contribution in [1.82, 2.24) is 24.2 Å². The smallest absolute Gasteiger partial charge is 0.226 e. The predicted molar refractivity (Wildman–Crippen MR) is 111 cm³/mol. The van der Waals surface area contributed by atoms with E-state index in [4.69, 9.17) is 5.11 Å². The van der Waals surface area contributed by atoms with Crippen LogP contribution in [0.4, 0.5) is 11.8 Å². The molecule has 4 N–H and O–H groups in total. The van der Waals surface area contributed by atoms with Gasteiger partial charge in [0.1, 0.15) is 11.3 Å². The number of nitrogens with one attached hydrogen (secondary N) is 3. The van der Waals surface area contributed by atoms with E-state index in [0.29, 0.717) is 49.4 Å². The Morgan fingerprint density at radius 3 is 2.72 bits per heavy atom. The molecule has 2 aliphatic rings. The molecule has 3 heterocycles. The third kappa shape index (κ3) is 4.78. The fourth-order valence-electron chi connectivity index (χ4n) is 3.58. The minimum absolute atomic E-state index is 0.0170. The minimum atomic E-state index is -3.19. The molecule has 2 aromatic heterocycles. The van der Waals surface area contributed by atoms with E-state index in [0.717, 1.165) is 30.6 Å². The summed E-state index contributed by atoms with van der Waals surface area (Å²) in [4.78, 5) is 17.2. The van der Waals surface area contributed by atoms with Crippen molar-refractivity contribution in [3.8, 4) is 0 Å². The Morgan fingerprint density at radius 1 is 1.28 bits per heavy atom. The summed E-state index contributed by atoms with van der Waals surface area (Å²) in [5, 5.41) is 15.7. The number of fused-ring (bicyclic) bond motifs is 1. The molecular formula is C18H29N7O3S. The number of sulfonamides is 1. The van der Waals surface area contributed by atoms with Crippen LogP contribution in [0.25, 0.3) is 11.2 Å². The first-order valence-electron chi connectivity index (χ1n) is 10.2. The molecule has 2 fully saturated rings. The number of aliphatic hydroxyl groups excluding tert-OH is 1. The molecule has 0 bridgehead atoms. The van der Waals surface area contributed by atoms with E-state index in [1.54, 1.807) is 0 Å². The van der Waals surface area contributed by atoms with Crippen molar-refractivity contribution >= 4 is 33.0 Å². The summed E-state index contributed by atoms with van der Waals surface area (Å²) >= 11 is 0. The molecular weight excluding hydrogens is 394 g/mol. The molecule has 2 aromatic rings. The van der Waals surface area contributed by atoms with Gasteiger partial charge in [0.2, 0.25) is 16.0 Å². The van der Waals surface area contributed by atoms with Crippen molar-refractivity contribution in [2.45, 2.75) is 44.6 Å². The van der Waals surface area contributed by atoms with Crippen molar-refractivity contribution < 1.29 is 13.5 Å². The number of nitrogens with zero attached hydrogens (tertiary/aromatic N) is 4. The standard InChI is InChI=1S/C18H29N7O3S/c1-11(6-8-26)9-19-18-23-16(20-13-5-7-25(10-13)29(2,27)28)14-17(24-18)22-15(21-14)12-3-4-12/h11-13,26H,3-10H2,1-2H3,(H3,19,20,21,22,23,24)/t11?,13-/m0/s1. The van der Waals surface area contributed by atoms with Crippen LogP contribution in [0.15, 0.2) is 0 Å². The second kappa shape index (κ2) is 8.04. The molecule has 10 nitrogen and oxygen atoms in total. The molecule has 1 unspecified atom stereocenters. The number of aromatic amines is 1. The van der Waals surface area contributed by atoms with Crippen molar-refractivity contribution in [3.63, 3.8) is 0 Å². The van der Waals surface area contributed by atoms with Crippen LogP contribution in [0, 0.1) is 5.92 Å². The summed E-state index contributed by atoms with van der Waals surface area (Å²) in [6.45, 7) is 3.78. The molecule has 29 heavy (non-hydrogen) atoms. The van der Waals surface area contributed by atoms with Crippen molar-refractivity contribution in [1.29, 1.82) is 0 Å². The van der Waals surface area contributed by atoms with Gasteiger partial charge in [0.15, 0.2) is 11.5 Å². The van der Waals surface area contributed by atoms with Crippen molar-refractivity contribution in [2.75, 3.05) is 43.1 Å². The molecule has 0 radical (unpaired) electrons. The number of H-pyrrole nitrogens is 1. The Hall–Kier alpha value is -1.98. The van der Waals surface area contributed by atoms with Crippen LogP contribution in [0.1, 0.15) is 44.3 Å². The van der Waals surface area contributed by atoms with Crippen LogP contribution in [0.5, 0.6) is 0 Å². The lowest BCUT2D eigenvalue weighted by molar-refractivity contribution is 0.265. The Balaban J connectivity index is 1.56. The van der Waals surface area contributed by atoms with Crippen LogP contribution in [0.2, 0.25) is 0 Å². The fourth-order valence-corrected chi connectivity index (χ4v) is 4.47. The number of imidazole rings is 1. The fraction of sp³-hybridized carbons (Fsp3) is 0.722. The third-order valence-corrected chi connectivity index (χ3v) is 6.79. The molecule has 1 aliphatic carbocycles. The summed E-state index contributed by atoms with van der Waals surface area (Å²) in [5.41, 5.74) is 1.37. The first kappa shape index (κ1) is 20.3. The second-order valence-electron chi connectivity index (χ2n) is 8.24. The highest BCUT2D eigenvalue weighted by Gasteiger charge is 2.31. The van der Waals surface area contributed by atoms with Gasteiger partial charge in [0.25, 0.3) is 0 Å². The summed E-state index contributed by atoms with van der Waals surface area (Å²) in [5.74, 6) is 2.82. The Bertz CT molecular complexity index is 973. The summed E-state index contributed by atoms with van der Waals surface area (Å²) in [6.07, 6.45) is 4.93. The number of hydrogen-bond donors (Lipinski definition) is 4. The molecule has 0 spiro atoms. The van der Waals surface area contributed by atoms with E-state index >= 15 is 0 Å². The lowest BCUT2D eigenvalue weighted by Crippen LogP contribution is -2.31. The van der Waals surface area contributed by atoms with Gasteiger partial charge in [-0.2, -0.15) is 9.97 Å². The number of hydrogen-bond acceptors (Lipinski definition) is 8. The van der Waals surface area contributed by atoms with Gasteiger partial charge in [0, 0.05) is 38.2 Å². The molecule has 0 amide bonds. The van der Waals surface area contributed by atoms with Crippen LogP contribution in [0.3, 0.4) is 0 Å². The van der Waals surface area contributed by atoms with Gasteiger partial charge in [-0.15, -0.1) is 0 Å². The molecule has 4 rings (SSSR count). The lowest BCUT2D eigenvalue weighted by atomic mass is 10.1. The minimum Gasteiger partial charge on any atom is -0.396 e. The van der Waals surface area contributed by atoms with Crippen molar-refractivity contribution in [3.05, 3.63) is 5.82 Å². The quantitative estimate of drug-likeness (QED) is 0.471. The number of rotatable bonds is 9. The van der Waals surface area contributed by atoms with Crippen LogP contribution < -0.4 is 10.6 Å². The number of anilines is 2.